The molecule has 1 aliphatic heterocycles. The fourth-order valence-corrected chi connectivity index (χ4v) is 3.24. The first-order valence-electron chi connectivity index (χ1n) is 6.46. The van der Waals surface area contributed by atoms with Crippen molar-refractivity contribution in [3.8, 4) is 11.8 Å². The van der Waals surface area contributed by atoms with Crippen LogP contribution in [0.2, 0.25) is 0 Å². The molecule has 0 saturated carbocycles. The Morgan fingerprint density at radius 1 is 1.30 bits per heavy atom. The second-order valence-corrected chi connectivity index (χ2v) is 6.11. The molecule has 0 spiro atoms. The lowest BCUT2D eigenvalue weighted by atomic mass is 10.2. The molecular formula is C13H17N3O3S. The molecule has 0 radical (unpaired) electrons. The fourth-order valence-electron chi connectivity index (χ4n) is 1.99. The lowest BCUT2D eigenvalue weighted by Gasteiger charge is -2.25. The van der Waals surface area contributed by atoms with Crippen LogP contribution < -0.4 is 4.72 Å². The Morgan fingerprint density at radius 2 is 2.05 bits per heavy atom. The van der Waals surface area contributed by atoms with Crippen molar-refractivity contribution in [2.24, 2.45) is 0 Å². The van der Waals surface area contributed by atoms with E-state index in [1.165, 1.54) is 4.31 Å². The van der Waals surface area contributed by atoms with Gasteiger partial charge >= 0.3 is 10.2 Å². The van der Waals surface area contributed by atoms with Gasteiger partial charge in [0, 0.05) is 13.1 Å². The van der Waals surface area contributed by atoms with Crippen molar-refractivity contribution >= 4 is 16.0 Å². The number of nitrogens with one attached hydrogen (secondary N) is 1. The van der Waals surface area contributed by atoms with Crippen LogP contribution in [0.4, 0.5) is 5.82 Å². The number of hydrogen-bond acceptors (Lipinski definition) is 4. The highest BCUT2D eigenvalue weighted by molar-refractivity contribution is 7.90. The predicted octanol–water partition coefficient (Wildman–Crippen LogP) is 0.568. The van der Waals surface area contributed by atoms with E-state index in [4.69, 9.17) is 5.11 Å². The summed E-state index contributed by atoms with van der Waals surface area (Å²) < 4.78 is 28.3. The second-order valence-electron chi connectivity index (χ2n) is 4.43. The topological polar surface area (TPSA) is 82.5 Å². The summed E-state index contributed by atoms with van der Waals surface area (Å²) in [4.78, 5) is 4.09. The molecule has 0 amide bonds. The molecule has 0 bridgehead atoms. The van der Waals surface area contributed by atoms with E-state index >= 15 is 0 Å². The molecule has 1 fully saturated rings. The number of anilines is 1. The Balaban J connectivity index is 2.12. The van der Waals surface area contributed by atoms with Gasteiger partial charge in [0.05, 0.1) is 0 Å². The molecule has 2 rings (SSSR count). The standard InChI is InChI=1S/C13H17N3O3S/c17-11-5-7-12-6-4-8-13(14-12)15-20(18,19)16-9-2-1-3-10-16/h4,6,8,17H,1-3,9-11H2,(H,14,15). The number of aromatic nitrogens is 1. The van der Waals surface area contributed by atoms with Crippen molar-refractivity contribution in [1.82, 2.24) is 9.29 Å². The van der Waals surface area contributed by atoms with Crippen LogP contribution in [0.3, 0.4) is 0 Å². The number of nitrogens with zero attached hydrogens (tertiary/aromatic N) is 2. The fraction of sp³-hybridized carbons (Fsp3) is 0.462. The predicted molar refractivity (Wildman–Crippen MR) is 76.2 cm³/mol. The highest BCUT2D eigenvalue weighted by Gasteiger charge is 2.23. The van der Waals surface area contributed by atoms with E-state index < -0.39 is 10.2 Å². The Morgan fingerprint density at radius 3 is 2.75 bits per heavy atom. The quantitative estimate of drug-likeness (QED) is 0.799. The van der Waals surface area contributed by atoms with Gasteiger partial charge in [-0.1, -0.05) is 18.4 Å². The molecule has 0 aliphatic carbocycles. The maximum atomic E-state index is 12.2. The summed E-state index contributed by atoms with van der Waals surface area (Å²) in [5.74, 6) is 5.35. The van der Waals surface area contributed by atoms with E-state index in [0.717, 1.165) is 19.3 Å². The minimum Gasteiger partial charge on any atom is -0.384 e. The normalized spacial score (nSPS) is 16.2. The number of pyridine rings is 1. The lowest BCUT2D eigenvalue weighted by Crippen LogP contribution is -2.39. The number of rotatable bonds is 3. The average molecular weight is 295 g/mol. The Hall–Kier alpha value is -1.62. The number of aliphatic hydroxyl groups excluding tert-OH is 1. The number of aliphatic hydroxyl groups is 1. The third-order valence-corrected chi connectivity index (χ3v) is 4.45. The molecule has 6 nitrogen and oxygen atoms in total. The molecule has 2 heterocycles. The van der Waals surface area contributed by atoms with Crippen LogP contribution in [0, 0.1) is 11.8 Å². The van der Waals surface area contributed by atoms with Crippen molar-refractivity contribution < 1.29 is 13.5 Å². The van der Waals surface area contributed by atoms with Gasteiger partial charge in [-0.25, -0.2) is 4.98 Å². The summed E-state index contributed by atoms with van der Waals surface area (Å²) in [5, 5.41) is 8.63. The van der Waals surface area contributed by atoms with Gasteiger partial charge < -0.3 is 5.11 Å². The summed E-state index contributed by atoms with van der Waals surface area (Å²) in [6.07, 6.45) is 2.84. The zero-order valence-electron chi connectivity index (χ0n) is 11.0. The zero-order valence-corrected chi connectivity index (χ0v) is 11.9. The maximum absolute atomic E-state index is 12.2. The van der Waals surface area contributed by atoms with Crippen LogP contribution >= 0.6 is 0 Å². The van der Waals surface area contributed by atoms with E-state index in [2.05, 4.69) is 21.5 Å². The Bertz CT molecular complexity index is 613. The van der Waals surface area contributed by atoms with E-state index in [1.807, 2.05) is 0 Å². The van der Waals surface area contributed by atoms with E-state index in [1.54, 1.807) is 18.2 Å². The van der Waals surface area contributed by atoms with E-state index in [0.29, 0.717) is 18.8 Å². The van der Waals surface area contributed by atoms with Crippen molar-refractivity contribution in [3.63, 3.8) is 0 Å². The monoisotopic (exact) mass is 295 g/mol. The first-order valence-corrected chi connectivity index (χ1v) is 7.90. The summed E-state index contributed by atoms with van der Waals surface area (Å²) in [6, 6.07) is 4.90. The van der Waals surface area contributed by atoms with Gasteiger partial charge in [0.25, 0.3) is 0 Å². The molecule has 0 unspecified atom stereocenters. The third kappa shape index (κ3) is 3.93. The molecular weight excluding hydrogens is 278 g/mol. The first-order chi connectivity index (χ1) is 9.62. The maximum Gasteiger partial charge on any atom is 0.302 e. The molecule has 1 aromatic rings. The Labute approximate surface area is 119 Å². The molecule has 1 saturated heterocycles. The van der Waals surface area contributed by atoms with Crippen LogP contribution in [0.15, 0.2) is 18.2 Å². The smallest absolute Gasteiger partial charge is 0.302 e. The average Bonchev–Trinajstić information content (AvgIpc) is 2.46. The van der Waals surface area contributed by atoms with Gasteiger partial charge in [-0.05, 0) is 30.9 Å². The van der Waals surface area contributed by atoms with Crippen molar-refractivity contribution in [2.75, 3.05) is 24.4 Å². The van der Waals surface area contributed by atoms with Gasteiger partial charge in [0.2, 0.25) is 0 Å². The van der Waals surface area contributed by atoms with E-state index in [9.17, 15) is 8.42 Å². The molecule has 2 N–H and O–H groups in total. The highest BCUT2D eigenvalue weighted by Crippen LogP contribution is 2.15. The Kier molecular flexibility index (Phi) is 4.95. The third-order valence-electron chi connectivity index (χ3n) is 2.93. The van der Waals surface area contributed by atoms with Crippen LogP contribution in [0.5, 0.6) is 0 Å². The molecule has 20 heavy (non-hydrogen) atoms. The van der Waals surface area contributed by atoms with Gasteiger partial charge in [-0.2, -0.15) is 12.7 Å². The summed E-state index contributed by atoms with van der Waals surface area (Å²) in [7, 11) is -3.55. The van der Waals surface area contributed by atoms with Gasteiger partial charge in [-0.15, -0.1) is 0 Å². The second kappa shape index (κ2) is 6.70. The molecule has 0 aromatic carbocycles. The van der Waals surface area contributed by atoms with Crippen molar-refractivity contribution in [1.29, 1.82) is 0 Å². The minimum atomic E-state index is -3.55. The van der Waals surface area contributed by atoms with Crippen LogP contribution in [0.1, 0.15) is 25.0 Å². The molecule has 108 valence electrons. The van der Waals surface area contributed by atoms with Gasteiger partial charge in [0.15, 0.2) is 0 Å². The zero-order chi connectivity index (χ0) is 14.4. The number of hydrogen-bond donors (Lipinski definition) is 2. The highest BCUT2D eigenvalue weighted by atomic mass is 32.2. The SMILES string of the molecule is O=S(=O)(Nc1cccc(C#CCO)n1)N1CCCCC1. The molecule has 1 aromatic heterocycles. The van der Waals surface area contributed by atoms with Crippen molar-refractivity contribution in [2.45, 2.75) is 19.3 Å². The first kappa shape index (κ1) is 14.8. The molecule has 0 atom stereocenters. The summed E-state index contributed by atoms with van der Waals surface area (Å²) in [6.45, 7) is 0.824. The van der Waals surface area contributed by atoms with Crippen LogP contribution in [-0.4, -0.2) is 42.5 Å². The summed E-state index contributed by atoms with van der Waals surface area (Å²) >= 11 is 0. The molecule has 1 aliphatic rings. The summed E-state index contributed by atoms with van der Waals surface area (Å²) in [5.41, 5.74) is 0.415. The minimum absolute atomic E-state index is 0.236. The van der Waals surface area contributed by atoms with Crippen molar-refractivity contribution in [3.05, 3.63) is 23.9 Å². The number of piperidine rings is 1. The van der Waals surface area contributed by atoms with E-state index in [-0.39, 0.29) is 12.4 Å². The van der Waals surface area contributed by atoms with Gasteiger partial charge in [-0.3, -0.25) is 4.72 Å². The molecule has 7 heteroatoms. The van der Waals surface area contributed by atoms with Crippen LogP contribution in [-0.2, 0) is 10.2 Å². The van der Waals surface area contributed by atoms with Gasteiger partial charge in [0.1, 0.15) is 18.1 Å². The lowest BCUT2D eigenvalue weighted by molar-refractivity contribution is 0.349. The van der Waals surface area contributed by atoms with Crippen LogP contribution in [0.25, 0.3) is 0 Å². The largest absolute Gasteiger partial charge is 0.384 e.